The van der Waals surface area contributed by atoms with E-state index in [0.717, 1.165) is 12.5 Å². The van der Waals surface area contributed by atoms with E-state index in [1.54, 1.807) is 0 Å². The number of rotatable bonds is 3. The van der Waals surface area contributed by atoms with Gasteiger partial charge in [-0.2, -0.15) is 5.26 Å². The highest BCUT2D eigenvalue weighted by molar-refractivity contribution is 6.81. The van der Waals surface area contributed by atoms with Crippen molar-refractivity contribution in [3.63, 3.8) is 0 Å². The third-order valence-corrected chi connectivity index (χ3v) is 13.8. The summed E-state index contributed by atoms with van der Waals surface area (Å²) >= 11 is 0. The Balaban J connectivity index is 2.59. The molecular formula is C8H18NO4Si4. The van der Waals surface area contributed by atoms with E-state index >= 15 is 0 Å². The van der Waals surface area contributed by atoms with Crippen molar-refractivity contribution in [3.8, 4) is 6.07 Å². The van der Waals surface area contributed by atoms with Crippen LogP contribution in [0.5, 0.6) is 0 Å². The lowest BCUT2D eigenvalue weighted by Gasteiger charge is -2.35. The van der Waals surface area contributed by atoms with Gasteiger partial charge < -0.3 is 16.5 Å². The minimum atomic E-state index is -2.21. The fourth-order valence-corrected chi connectivity index (χ4v) is 13.6. The molecule has 17 heavy (non-hydrogen) atoms. The second-order valence-electron chi connectivity index (χ2n) is 4.03. The Morgan fingerprint density at radius 2 is 1.59 bits per heavy atom. The van der Waals surface area contributed by atoms with E-state index in [1.807, 2.05) is 26.2 Å². The minimum absolute atomic E-state index is 0.553. The van der Waals surface area contributed by atoms with Gasteiger partial charge in [0.05, 0.1) is 6.07 Å². The Labute approximate surface area is 109 Å². The van der Waals surface area contributed by atoms with Crippen LogP contribution in [0.15, 0.2) is 0 Å². The van der Waals surface area contributed by atoms with E-state index in [4.69, 9.17) is 21.7 Å². The van der Waals surface area contributed by atoms with Crippen molar-refractivity contribution in [2.45, 2.75) is 45.1 Å². The van der Waals surface area contributed by atoms with Crippen LogP contribution < -0.4 is 0 Å². The van der Waals surface area contributed by atoms with E-state index in [2.05, 4.69) is 6.07 Å². The molecule has 1 aliphatic heterocycles. The van der Waals surface area contributed by atoms with E-state index in [1.165, 1.54) is 0 Å². The Hall–Kier alpha value is 0.198. The van der Waals surface area contributed by atoms with Crippen molar-refractivity contribution >= 4 is 36.4 Å². The summed E-state index contributed by atoms with van der Waals surface area (Å²) in [5.74, 6) is 0. The zero-order chi connectivity index (χ0) is 12.9. The lowest BCUT2D eigenvalue weighted by atomic mass is 10.4. The summed E-state index contributed by atoms with van der Waals surface area (Å²) in [4.78, 5) is 0. The lowest BCUT2D eigenvalue weighted by Crippen LogP contribution is -2.52. The monoisotopic (exact) mass is 304 g/mol. The molecule has 0 saturated carbocycles. The van der Waals surface area contributed by atoms with E-state index in [-0.39, 0.29) is 0 Å². The number of nitrogens with zero attached hydrogens (tertiary/aromatic N) is 1. The van der Waals surface area contributed by atoms with E-state index in [9.17, 15) is 0 Å². The molecule has 0 aromatic rings. The number of hydrogen-bond donors (Lipinski definition) is 0. The molecule has 9 heteroatoms. The van der Waals surface area contributed by atoms with Gasteiger partial charge in [-0.05, 0) is 38.7 Å². The van der Waals surface area contributed by atoms with Gasteiger partial charge in [0.1, 0.15) is 0 Å². The summed E-state index contributed by atoms with van der Waals surface area (Å²) in [6.45, 7) is 7.98. The average molecular weight is 305 g/mol. The van der Waals surface area contributed by atoms with E-state index < -0.39 is 36.4 Å². The molecule has 0 bridgehead atoms. The van der Waals surface area contributed by atoms with Gasteiger partial charge in [-0.3, -0.25) is 0 Å². The maximum Gasteiger partial charge on any atom is 0.362 e. The molecule has 0 aliphatic carbocycles. The fourth-order valence-electron chi connectivity index (χ4n) is 1.69. The molecule has 0 N–H and O–H groups in total. The van der Waals surface area contributed by atoms with Gasteiger partial charge in [0.2, 0.25) is 0 Å². The summed E-state index contributed by atoms with van der Waals surface area (Å²) in [7, 11) is -5.97. The summed E-state index contributed by atoms with van der Waals surface area (Å²) in [6.07, 6.45) is 1.38. The van der Waals surface area contributed by atoms with Gasteiger partial charge in [0.25, 0.3) is 0 Å². The van der Waals surface area contributed by atoms with Crippen molar-refractivity contribution in [3.05, 3.63) is 0 Å². The fraction of sp³-hybridized carbons (Fsp3) is 0.875. The first-order valence-corrected chi connectivity index (χ1v) is 13.5. The SMILES string of the molecule is C[Si]1O[Si](C)O[Si](C)(CCCC#N)O[Si](C)O1. The van der Waals surface area contributed by atoms with Crippen LogP contribution in [0.3, 0.4) is 0 Å². The van der Waals surface area contributed by atoms with Gasteiger partial charge in [-0.1, -0.05) is 0 Å². The smallest absolute Gasteiger partial charge is 0.362 e. The second kappa shape index (κ2) is 6.95. The zero-order valence-corrected chi connectivity index (χ0v) is 14.7. The van der Waals surface area contributed by atoms with Gasteiger partial charge in [-0.25, -0.2) is 0 Å². The van der Waals surface area contributed by atoms with Crippen LogP contribution in [0.4, 0.5) is 0 Å². The summed E-state index contributed by atoms with van der Waals surface area (Å²) in [5.41, 5.74) is 0. The highest BCUT2D eigenvalue weighted by Crippen LogP contribution is 2.22. The highest BCUT2D eigenvalue weighted by atomic mass is 28.5. The standard InChI is InChI=1S/C8H18NO4Si4/c1-14-10-15(2)12-17(4,8-6-5-7-9)13-16(3)11-14/h5-6,8H2,1-4H3. The molecule has 0 atom stereocenters. The highest BCUT2D eigenvalue weighted by Gasteiger charge is 2.40. The normalized spacial score (nSPS) is 23.9. The zero-order valence-electron chi connectivity index (χ0n) is 10.7. The first-order chi connectivity index (χ1) is 7.95. The van der Waals surface area contributed by atoms with Crippen LogP contribution >= 0.6 is 0 Å². The van der Waals surface area contributed by atoms with Gasteiger partial charge in [0, 0.05) is 6.42 Å². The van der Waals surface area contributed by atoms with Crippen molar-refractivity contribution in [2.75, 3.05) is 0 Å². The average Bonchev–Trinajstić information content (AvgIpc) is 2.14. The van der Waals surface area contributed by atoms with Gasteiger partial charge in [-0.15, -0.1) is 0 Å². The molecular weight excluding hydrogens is 286 g/mol. The van der Waals surface area contributed by atoms with Crippen molar-refractivity contribution < 1.29 is 16.5 Å². The van der Waals surface area contributed by atoms with Crippen molar-refractivity contribution in [2.24, 2.45) is 0 Å². The van der Waals surface area contributed by atoms with Crippen LogP contribution in [0.2, 0.25) is 32.2 Å². The Kier molecular flexibility index (Phi) is 6.24. The quantitative estimate of drug-likeness (QED) is 0.588. The molecule has 0 aromatic carbocycles. The first-order valence-electron chi connectivity index (χ1n) is 5.56. The van der Waals surface area contributed by atoms with Crippen LogP contribution in [0.25, 0.3) is 0 Å². The second-order valence-corrected chi connectivity index (χ2v) is 13.0. The molecule has 1 fully saturated rings. The predicted molar refractivity (Wildman–Crippen MR) is 70.5 cm³/mol. The molecule has 95 valence electrons. The molecule has 0 unspecified atom stereocenters. The van der Waals surface area contributed by atoms with Crippen molar-refractivity contribution in [1.82, 2.24) is 0 Å². The van der Waals surface area contributed by atoms with Crippen LogP contribution in [-0.4, -0.2) is 36.4 Å². The molecule has 1 saturated heterocycles. The minimum Gasteiger partial charge on any atom is -0.415 e. The number of hydrogen-bond acceptors (Lipinski definition) is 5. The molecule has 3 radical (unpaired) electrons. The summed E-state index contributed by atoms with van der Waals surface area (Å²) in [5, 5.41) is 8.57. The summed E-state index contributed by atoms with van der Waals surface area (Å²) in [6, 6.07) is 2.99. The molecule has 1 heterocycles. The largest absolute Gasteiger partial charge is 0.415 e. The number of nitriles is 1. The first kappa shape index (κ1) is 15.3. The number of unbranched alkanes of at least 4 members (excludes halogenated alkanes) is 1. The Bertz CT molecular complexity index is 273. The Morgan fingerprint density at radius 3 is 2.06 bits per heavy atom. The molecule has 5 nitrogen and oxygen atoms in total. The molecule has 0 spiro atoms. The van der Waals surface area contributed by atoms with E-state index in [0.29, 0.717) is 6.42 Å². The van der Waals surface area contributed by atoms with Gasteiger partial charge in [0.15, 0.2) is 0 Å². The topological polar surface area (TPSA) is 60.7 Å². The summed E-state index contributed by atoms with van der Waals surface area (Å²) < 4.78 is 23.5. The van der Waals surface area contributed by atoms with Crippen LogP contribution in [0, 0.1) is 11.3 Å². The third kappa shape index (κ3) is 5.58. The maximum atomic E-state index is 8.57. The molecule has 1 aliphatic rings. The molecule has 0 amide bonds. The van der Waals surface area contributed by atoms with Crippen LogP contribution in [0.1, 0.15) is 12.8 Å². The Morgan fingerprint density at radius 1 is 1.06 bits per heavy atom. The molecule has 1 rings (SSSR count). The van der Waals surface area contributed by atoms with Gasteiger partial charge >= 0.3 is 36.4 Å². The predicted octanol–water partition coefficient (Wildman–Crippen LogP) is 1.80. The van der Waals surface area contributed by atoms with Crippen molar-refractivity contribution in [1.29, 1.82) is 5.26 Å². The molecule has 0 aromatic heterocycles. The van der Waals surface area contributed by atoms with Crippen LogP contribution in [-0.2, 0) is 16.5 Å². The third-order valence-electron chi connectivity index (χ3n) is 2.21. The maximum absolute atomic E-state index is 8.57. The lowest BCUT2D eigenvalue weighted by molar-refractivity contribution is 0.274.